The van der Waals surface area contributed by atoms with E-state index in [1.807, 2.05) is 0 Å². The summed E-state index contributed by atoms with van der Waals surface area (Å²) < 4.78 is 32.2. The molecular formula is C21H31NO12. The van der Waals surface area contributed by atoms with Crippen molar-refractivity contribution in [2.45, 2.75) is 85.2 Å². The molecule has 6 atom stereocenters. The summed E-state index contributed by atoms with van der Waals surface area (Å²) in [6.45, 7) is 7.96. The molecule has 1 amide bonds. The van der Waals surface area contributed by atoms with Crippen LogP contribution in [-0.2, 0) is 57.2 Å². The van der Waals surface area contributed by atoms with E-state index in [1.54, 1.807) is 6.92 Å². The standard InChI is InChI=1S/C21H31NO12/c1-8-22(10(2)23)17-19(31-13(5)26)20(32-14(6)27)18(34-21(17)33-15(7)28)16(30-12(4)25)9-29-11(3)24/h16-21H,8-9H2,1-7H3/t16-,17-,18-,19-,20+,21+/m1/s1. The number of hydrogen-bond acceptors (Lipinski definition) is 12. The molecule has 0 saturated carbocycles. The Balaban J connectivity index is 3.68. The van der Waals surface area contributed by atoms with Crippen LogP contribution in [0.1, 0.15) is 48.5 Å². The molecule has 0 bridgehead atoms. The van der Waals surface area contributed by atoms with Gasteiger partial charge < -0.3 is 33.3 Å². The normalized spacial score (nSPS) is 24.7. The van der Waals surface area contributed by atoms with E-state index in [-0.39, 0.29) is 6.54 Å². The molecule has 1 saturated heterocycles. The molecule has 0 unspecified atom stereocenters. The van der Waals surface area contributed by atoms with Gasteiger partial charge in [0.25, 0.3) is 0 Å². The van der Waals surface area contributed by atoms with Gasteiger partial charge in [-0.25, -0.2) is 0 Å². The van der Waals surface area contributed by atoms with Crippen LogP contribution in [0.25, 0.3) is 0 Å². The summed E-state index contributed by atoms with van der Waals surface area (Å²) in [5.41, 5.74) is 0. The second-order valence-electron chi connectivity index (χ2n) is 7.47. The van der Waals surface area contributed by atoms with Crippen molar-refractivity contribution in [1.29, 1.82) is 0 Å². The van der Waals surface area contributed by atoms with Crippen molar-refractivity contribution in [2.75, 3.05) is 13.2 Å². The molecule has 1 aliphatic heterocycles. The van der Waals surface area contributed by atoms with E-state index in [0.29, 0.717) is 0 Å². The zero-order valence-electron chi connectivity index (χ0n) is 20.2. The zero-order chi connectivity index (χ0) is 26.2. The Morgan fingerprint density at radius 3 is 1.71 bits per heavy atom. The number of esters is 5. The molecule has 13 heteroatoms. The summed E-state index contributed by atoms with van der Waals surface area (Å²) in [5.74, 6) is -4.33. The summed E-state index contributed by atoms with van der Waals surface area (Å²) in [6.07, 6.45) is -7.12. The molecule has 0 radical (unpaired) electrons. The Hall–Kier alpha value is -3.22. The van der Waals surface area contributed by atoms with Gasteiger partial charge in [-0.1, -0.05) is 0 Å². The maximum Gasteiger partial charge on any atom is 0.305 e. The molecule has 34 heavy (non-hydrogen) atoms. The minimum Gasteiger partial charge on any atom is -0.462 e. The van der Waals surface area contributed by atoms with Crippen molar-refractivity contribution >= 4 is 35.8 Å². The fraction of sp³-hybridized carbons (Fsp3) is 0.714. The molecule has 192 valence electrons. The van der Waals surface area contributed by atoms with Crippen molar-refractivity contribution in [3.05, 3.63) is 0 Å². The second-order valence-corrected chi connectivity index (χ2v) is 7.47. The van der Waals surface area contributed by atoms with E-state index in [0.717, 1.165) is 34.6 Å². The highest BCUT2D eigenvalue weighted by atomic mass is 16.7. The lowest BCUT2D eigenvalue weighted by molar-refractivity contribution is -0.294. The first-order chi connectivity index (χ1) is 15.8. The van der Waals surface area contributed by atoms with E-state index in [4.69, 9.17) is 28.4 Å². The number of nitrogens with zero attached hydrogens (tertiary/aromatic N) is 1. The van der Waals surface area contributed by atoms with Gasteiger partial charge in [-0.05, 0) is 6.92 Å². The first kappa shape index (κ1) is 28.8. The number of carbonyl (C=O) groups excluding carboxylic acids is 6. The molecular weight excluding hydrogens is 458 g/mol. The van der Waals surface area contributed by atoms with Crippen LogP contribution < -0.4 is 0 Å². The van der Waals surface area contributed by atoms with E-state index < -0.39 is 79.1 Å². The van der Waals surface area contributed by atoms with Gasteiger partial charge in [-0.3, -0.25) is 28.8 Å². The summed E-state index contributed by atoms with van der Waals surface area (Å²) in [7, 11) is 0. The molecule has 0 aromatic carbocycles. The molecule has 1 aliphatic rings. The smallest absolute Gasteiger partial charge is 0.305 e. The maximum atomic E-state index is 12.4. The van der Waals surface area contributed by atoms with Gasteiger partial charge in [0.1, 0.15) is 18.8 Å². The van der Waals surface area contributed by atoms with Crippen molar-refractivity contribution in [3.63, 3.8) is 0 Å². The number of rotatable bonds is 9. The van der Waals surface area contributed by atoms with Crippen LogP contribution in [0.4, 0.5) is 0 Å². The van der Waals surface area contributed by atoms with E-state index in [2.05, 4.69) is 0 Å². The van der Waals surface area contributed by atoms with Crippen molar-refractivity contribution < 1.29 is 57.2 Å². The lowest BCUT2D eigenvalue weighted by Crippen LogP contribution is -2.69. The van der Waals surface area contributed by atoms with Crippen LogP contribution in [-0.4, -0.2) is 90.6 Å². The highest BCUT2D eigenvalue weighted by Gasteiger charge is 2.56. The Morgan fingerprint density at radius 2 is 1.29 bits per heavy atom. The average Bonchev–Trinajstić information content (AvgIpc) is 2.67. The first-order valence-corrected chi connectivity index (χ1v) is 10.5. The highest BCUT2D eigenvalue weighted by molar-refractivity contribution is 5.74. The molecule has 0 aliphatic carbocycles. The van der Waals surface area contributed by atoms with Crippen LogP contribution in [0.15, 0.2) is 0 Å². The number of carbonyl (C=O) groups is 6. The minimum atomic E-state index is -1.52. The van der Waals surface area contributed by atoms with Crippen LogP contribution in [0.3, 0.4) is 0 Å². The van der Waals surface area contributed by atoms with Gasteiger partial charge in [0.15, 0.2) is 18.3 Å². The van der Waals surface area contributed by atoms with E-state index >= 15 is 0 Å². The molecule has 0 aromatic rings. The van der Waals surface area contributed by atoms with Crippen LogP contribution in [0, 0.1) is 0 Å². The summed E-state index contributed by atoms with van der Waals surface area (Å²) in [6, 6.07) is -1.22. The zero-order valence-corrected chi connectivity index (χ0v) is 20.2. The molecule has 1 rings (SSSR count). The summed E-state index contributed by atoms with van der Waals surface area (Å²) in [5, 5.41) is 0. The Labute approximate surface area is 196 Å². The fourth-order valence-electron chi connectivity index (χ4n) is 3.64. The lowest BCUT2D eigenvalue weighted by atomic mass is 9.91. The summed E-state index contributed by atoms with van der Waals surface area (Å²) >= 11 is 0. The number of likely N-dealkylation sites (N-methyl/N-ethyl adjacent to an activating group) is 1. The van der Waals surface area contributed by atoms with Gasteiger partial charge in [0.2, 0.25) is 12.2 Å². The Bertz CT molecular complexity index is 797. The third-order valence-electron chi connectivity index (χ3n) is 4.68. The van der Waals surface area contributed by atoms with E-state index in [1.165, 1.54) is 11.8 Å². The SMILES string of the molecule is CCN(C(C)=O)[C@H]1[C@@H](OC(C)=O)O[C@H]([C@@H](COC(C)=O)OC(C)=O)[C@H](OC(C)=O)[C@@H]1OC(C)=O. The largest absolute Gasteiger partial charge is 0.462 e. The highest BCUT2D eigenvalue weighted by Crippen LogP contribution is 2.33. The minimum absolute atomic E-state index is 0.0944. The van der Waals surface area contributed by atoms with Crippen LogP contribution in [0.2, 0.25) is 0 Å². The van der Waals surface area contributed by atoms with Crippen molar-refractivity contribution in [1.82, 2.24) is 4.90 Å². The fourth-order valence-corrected chi connectivity index (χ4v) is 3.64. The number of amides is 1. The number of ether oxygens (including phenoxy) is 6. The topological polar surface area (TPSA) is 161 Å². The third kappa shape index (κ3) is 8.28. The molecule has 1 heterocycles. The molecule has 13 nitrogen and oxygen atoms in total. The second kappa shape index (κ2) is 12.9. The van der Waals surface area contributed by atoms with Gasteiger partial charge in [-0.15, -0.1) is 0 Å². The van der Waals surface area contributed by atoms with Crippen molar-refractivity contribution in [2.24, 2.45) is 0 Å². The van der Waals surface area contributed by atoms with Gasteiger partial charge in [0.05, 0.1) is 0 Å². The quantitative estimate of drug-likeness (QED) is 0.312. The monoisotopic (exact) mass is 489 g/mol. The predicted octanol–water partition coefficient (Wildman–Crippen LogP) is -0.130. The molecule has 0 spiro atoms. The van der Waals surface area contributed by atoms with Crippen LogP contribution >= 0.6 is 0 Å². The van der Waals surface area contributed by atoms with E-state index in [9.17, 15) is 28.8 Å². The predicted molar refractivity (Wildman–Crippen MR) is 111 cm³/mol. The maximum absolute atomic E-state index is 12.4. The summed E-state index contributed by atoms with van der Waals surface area (Å²) in [4.78, 5) is 72.5. The van der Waals surface area contributed by atoms with Gasteiger partial charge >= 0.3 is 29.8 Å². The molecule has 0 aromatic heterocycles. The van der Waals surface area contributed by atoms with Crippen LogP contribution in [0.5, 0.6) is 0 Å². The van der Waals surface area contributed by atoms with Crippen molar-refractivity contribution in [3.8, 4) is 0 Å². The average molecular weight is 489 g/mol. The molecule has 0 N–H and O–H groups in total. The third-order valence-corrected chi connectivity index (χ3v) is 4.68. The molecule has 1 fully saturated rings. The number of hydrogen-bond donors (Lipinski definition) is 0. The Morgan fingerprint density at radius 1 is 0.765 bits per heavy atom. The first-order valence-electron chi connectivity index (χ1n) is 10.5. The lowest BCUT2D eigenvalue weighted by Gasteiger charge is -2.49. The Kier molecular flexibility index (Phi) is 10.9. The van der Waals surface area contributed by atoms with Gasteiger partial charge in [-0.2, -0.15) is 0 Å². The van der Waals surface area contributed by atoms with Gasteiger partial charge in [0, 0.05) is 48.1 Å².